The number of methoxy groups -OCH3 is 1. The van der Waals surface area contributed by atoms with E-state index in [1.165, 1.54) is 11.1 Å². The molecule has 5 atom stereocenters. The van der Waals surface area contributed by atoms with Gasteiger partial charge in [0.25, 0.3) is 5.97 Å². The summed E-state index contributed by atoms with van der Waals surface area (Å²) in [6.45, 7) is 2.14. The molecule has 6 nitrogen and oxygen atoms in total. The van der Waals surface area contributed by atoms with Crippen molar-refractivity contribution in [2.24, 2.45) is 5.92 Å². The molecular weight excluding hydrogens is 334 g/mol. The standard InChI is InChI=1S/C18H21NO3.C2H4O2/c1-19-8-7-18-11-4-5-13(20)17(18)22-16-14(21-2)6-3-10(15(16)18)9-12(11)19;1-2(3)4/h3-6,11-13,17,20H,7-9H2,1-2H3;1H3,(H,3,4)/t11-,12+,13-,17-,18-;/m0./s1. The first-order chi connectivity index (χ1) is 12.4. The van der Waals surface area contributed by atoms with Gasteiger partial charge in [-0.2, -0.15) is 0 Å². The summed E-state index contributed by atoms with van der Waals surface area (Å²) in [4.78, 5) is 11.5. The topological polar surface area (TPSA) is 79.2 Å². The number of ether oxygens (including phenoxy) is 2. The Bertz CT molecular complexity index is 772. The van der Waals surface area contributed by atoms with Gasteiger partial charge < -0.3 is 24.6 Å². The minimum absolute atomic E-state index is 0.0806. The van der Waals surface area contributed by atoms with Crippen LogP contribution in [-0.2, 0) is 16.6 Å². The second-order valence-electron chi connectivity index (χ2n) is 7.63. The molecule has 2 heterocycles. The fourth-order valence-electron chi connectivity index (χ4n) is 5.39. The lowest BCUT2D eigenvalue weighted by atomic mass is 9.53. The number of piperidine rings is 1. The molecule has 0 radical (unpaired) electrons. The largest absolute Gasteiger partial charge is 0.493 e. The lowest BCUT2D eigenvalue weighted by Crippen LogP contribution is -2.64. The van der Waals surface area contributed by atoms with Crippen LogP contribution in [0.3, 0.4) is 0 Å². The number of likely N-dealkylation sites (tertiary alicyclic amines) is 1. The normalized spacial score (nSPS) is 35.7. The summed E-state index contributed by atoms with van der Waals surface area (Å²) in [7, 11) is 3.91. The Labute approximate surface area is 153 Å². The quantitative estimate of drug-likeness (QED) is 0.742. The molecule has 1 saturated heterocycles. The number of benzene rings is 1. The zero-order valence-corrected chi connectivity index (χ0v) is 15.3. The van der Waals surface area contributed by atoms with E-state index in [2.05, 4.69) is 24.1 Å². The second-order valence-corrected chi connectivity index (χ2v) is 7.63. The maximum Gasteiger partial charge on any atom is 0.300 e. The van der Waals surface area contributed by atoms with Gasteiger partial charge in [-0.1, -0.05) is 18.2 Å². The highest BCUT2D eigenvalue weighted by molar-refractivity contribution is 5.63. The van der Waals surface area contributed by atoms with E-state index in [1.54, 1.807) is 7.11 Å². The number of rotatable bonds is 1. The molecular formula is C20H25NO5. The van der Waals surface area contributed by atoms with Crippen molar-refractivity contribution < 1.29 is 24.5 Å². The number of hydrogen-bond donors (Lipinski definition) is 2. The Balaban J connectivity index is 0.000000385. The van der Waals surface area contributed by atoms with Gasteiger partial charge in [0.15, 0.2) is 11.5 Å². The van der Waals surface area contributed by atoms with Crippen molar-refractivity contribution in [1.29, 1.82) is 0 Å². The number of carboxylic acids is 1. The molecule has 1 spiro atoms. The number of nitrogens with zero attached hydrogens (tertiary/aromatic N) is 1. The predicted octanol–water partition coefficient (Wildman–Crippen LogP) is 1.59. The number of aliphatic carboxylic acids is 1. The summed E-state index contributed by atoms with van der Waals surface area (Å²) in [5, 5.41) is 18.0. The average molecular weight is 359 g/mol. The number of likely N-dealkylation sites (N-methyl/N-ethyl adjacent to an activating group) is 1. The maximum atomic E-state index is 10.6. The molecule has 140 valence electrons. The van der Waals surface area contributed by atoms with Crippen molar-refractivity contribution in [3.63, 3.8) is 0 Å². The molecule has 5 rings (SSSR count). The van der Waals surface area contributed by atoms with Gasteiger partial charge in [-0.05, 0) is 38.1 Å². The number of aliphatic hydroxyl groups excluding tert-OH is 1. The van der Waals surface area contributed by atoms with E-state index in [-0.39, 0.29) is 11.5 Å². The zero-order valence-electron chi connectivity index (χ0n) is 15.3. The number of carboxylic acid groups (broad SMARTS) is 1. The fourth-order valence-corrected chi connectivity index (χ4v) is 5.39. The smallest absolute Gasteiger partial charge is 0.300 e. The van der Waals surface area contributed by atoms with Crippen LogP contribution in [0.1, 0.15) is 24.5 Å². The van der Waals surface area contributed by atoms with Crippen molar-refractivity contribution in [1.82, 2.24) is 4.90 Å². The summed E-state index contributed by atoms with van der Waals surface area (Å²) in [6, 6.07) is 4.70. The van der Waals surface area contributed by atoms with Gasteiger partial charge in [0, 0.05) is 29.9 Å². The molecule has 0 saturated carbocycles. The number of aliphatic hydroxyl groups is 1. The molecule has 2 aliphatic carbocycles. The third kappa shape index (κ3) is 2.21. The highest BCUT2D eigenvalue weighted by Crippen LogP contribution is 2.62. The van der Waals surface area contributed by atoms with Crippen LogP contribution in [0.4, 0.5) is 0 Å². The highest BCUT2D eigenvalue weighted by atomic mass is 16.5. The molecule has 0 amide bonds. The van der Waals surface area contributed by atoms with Crippen LogP contribution < -0.4 is 9.47 Å². The molecule has 2 bridgehead atoms. The van der Waals surface area contributed by atoms with E-state index >= 15 is 0 Å². The van der Waals surface area contributed by atoms with Gasteiger partial charge >= 0.3 is 0 Å². The van der Waals surface area contributed by atoms with Crippen molar-refractivity contribution in [2.45, 2.75) is 43.4 Å². The van der Waals surface area contributed by atoms with Crippen LogP contribution in [-0.4, -0.2) is 60.0 Å². The third-order valence-electron chi connectivity index (χ3n) is 6.35. The molecule has 4 aliphatic rings. The van der Waals surface area contributed by atoms with Gasteiger partial charge in [-0.25, -0.2) is 0 Å². The third-order valence-corrected chi connectivity index (χ3v) is 6.35. The van der Waals surface area contributed by atoms with Gasteiger partial charge in [0.05, 0.1) is 7.11 Å². The van der Waals surface area contributed by atoms with E-state index in [4.69, 9.17) is 19.4 Å². The lowest BCUT2D eigenvalue weighted by Gasteiger charge is -2.56. The van der Waals surface area contributed by atoms with Crippen molar-refractivity contribution in [2.75, 3.05) is 20.7 Å². The summed E-state index contributed by atoms with van der Waals surface area (Å²) in [6.07, 6.45) is 5.54. The Morgan fingerprint density at radius 2 is 2.12 bits per heavy atom. The summed E-state index contributed by atoms with van der Waals surface area (Å²) < 4.78 is 11.8. The SMILES string of the molecule is CC(=O)O.COc1ccc2c3c1O[C@H]1[C@@H](O)C=C[C@H]4[C@@H](C2)N(C)CC[C@@]341. The summed E-state index contributed by atoms with van der Waals surface area (Å²) in [5.41, 5.74) is 2.60. The van der Waals surface area contributed by atoms with E-state index < -0.39 is 12.1 Å². The van der Waals surface area contributed by atoms with Crippen LogP contribution in [0.25, 0.3) is 0 Å². The van der Waals surface area contributed by atoms with Crippen LogP contribution in [0.5, 0.6) is 11.5 Å². The lowest BCUT2D eigenvalue weighted by molar-refractivity contribution is -0.134. The van der Waals surface area contributed by atoms with Crippen molar-refractivity contribution in [3.05, 3.63) is 35.4 Å². The van der Waals surface area contributed by atoms with Crippen LogP contribution in [0.15, 0.2) is 24.3 Å². The molecule has 1 fully saturated rings. The highest BCUT2D eigenvalue weighted by Gasteiger charge is 2.64. The van der Waals surface area contributed by atoms with E-state index in [0.29, 0.717) is 12.0 Å². The number of hydrogen-bond acceptors (Lipinski definition) is 5. The van der Waals surface area contributed by atoms with Gasteiger partial charge in [0.1, 0.15) is 12.2 Å². The molecule has 0 unspecified atom stereocenters. The second kappa shape index (κ2) is 5.99. The monoisotopic (exact) mass is 359 g/mol. The minimum Gasteiger partial charge on any atom is -0.493 e. The summed E-state index contributed by atoms with van der Waals surface area (Å²) in [5.74, 6) is 1.26. The molecule has 2 N–H and O–H groups in total. The zero-order chi connectivity index (χ0) is 18.6. The first-order valence-electron chi connectivity index (χ1n) is 9.03. The van der Waals surface area contributed by atoms with E-state index in [1.807, 2.05) is 12.1 Å². The molecule has 26 heavy (non-hydrogen) atoms. The predicted molar refractivity (Wildman–Crippen MR) is 95.8 cm³/mol. The summed E-state index contributed by atoms with van der Waals surface area (Å²) >= 11 is 0. The molecule has 2 aliphatic heterocycles. The van der Waals surface area contributed by atoms with Gasteiger partial charge in [-0.3, -0.25) is 4.79 Å². The number of carbonyl (C=O) groups is 1. The molecule has 0 aromatic heterocycles. The Hall–Kier alpha value is -2.05. The van der Waals surface area contributed by atoms with Gasteiger partial charge in [-0.15, -0.1) is 0 Å². The van der Waals surface area contributed by atoms with Crippen molar-refractivity contribution >= 4 is 5.97 Å². The molecule has 1 aromatic rings. The van der Waals surface area contributed by atoms with Gasteiger partial charge in [0.2, 0.25) is 0 Å². The van der Waals surface area contributed by atoms with Crippen molar-refractivity contribution in [3.8, 4) is 11.5 Å². The molecule has 6 heteroatoms. The maximum absolute atomic E-state index is 10.6. The Morgan fingerprint density at radius 3 is 2.81 bits per heavy atom. The Kier molecular flexibility index (Phi) is 4.00. The van der Waals surface area contributed by atoms with E-state index in [0.717, 1.165) is 37.8 Å². The first-order valence-corrected chi connectivity index (χ1v) is 9.03. The first kappa shape index (κ1) is 17.4. The van der Waals surface area contributed by atoms with Crippen LogP contribution in [0, 0.1) is 5.92 Å². The molecule has 1 aromatic carbocycles. The minimum atomic E-state index is -0.833. The van der Waals surface area contributed by atoms with E-state index in [9.17, 15) is 5.11 Å². The average Bonchev–Trinajstić information content (AvgIpc) is 2.94. The van der Waals surface area contributed by atoms with Crippen LogP contribution >= 0.6 is 0 Å². The fraction of sp³-hybridized carbons (Fsp3) is 0.550. The van der Waals surface area contributed by atoms with Crippen LogP contribution in [0.2, 0.25) is 0 Å². The Morgan fingerprint density at radius 1 is 1.38 bits per heavy atom.